The molecule has 1 atom stereocenters. The SMILES string of the molecule is CC(=O)Nc1ccc(/C=C/C(=O)N(Cc2ccc(N3CCN(C(C)=O)CC3)cc2)[C@@H](Cc2ccccc2)C(=O)N2CCN(Cc3ccc(N(C)CCO[Si](C)(C)C(C)(C)C)cc3)CC2)cc1. The number of nitrogens with zero attached hydrogens (tertiary/aromatic N) is 6. The van der Waals surface area contributed by atoms with Crippen LogP contribution in [0.2, 0.25) is 18.1 Å². The van der Waals surface area contributed by atoms with Gasteiger partial charge in [0.1, 0.15) is 6.04 Å². The van der Waals surface area contributed by atoms with Gasteiger partial charge >= 0.3 is 0 Å². The van der Waals surface area contributed by atoms with Crippen molar-refractivity contribution in [1.29, 1.82) is 0 Å². The molecule has 2 aliphatic rings. The van der Waals surface area contributed by atoms with Crippen molar-refractivity contribution >= 4 is 55.1 Å². The number of benzene rings is 4. The highest BCUT2D eigenvalue weighted by Gasteiger charge is 2.37. The minimum absolute atomic E-state index is 0.0650. The minimum atomic E-state index is -1.80. The molecule has 12 nitrogen and oxygen atoms in total. The molecule has 0 aliphatic carbocycles. The molecule has 0 radical (unpaired) electrons. The zero-order chi connectivity index (χ0) is 47.4. The molecule has 0 unspecified atom stereocenters. The summed E-state index contributed by atoms with van der Waals surface area (Å²) in [5, 5.41) is 2.97. The molecule has 0 spiro atoms. The van der Waals surface area contributed by atoms with Gasteiger partial charge in [0, 0.05) is 122 Å². The minimum Gasteiger partial charge on any atom is -0.415 e. The number of likely N-dealkylation sites (N-methyl/N-ethyl adjacent to an activating group) is 1. The average Bonchev–Trinajstić information content (AvgIpc) is 3.30. The third kappa shape index (κ3) is 13.9. The van der Waals surface area contributed by atoms with Crippen LogP contribution >= 0.6 is 0 Å². The Hall–Kier alpha value is -5.76. The van der Waals surface area contributed by atoms with E-state index in [2.05, 4.69) is 97.3 Å². The Morgan fingerprint density at radius 1 is 0.742 bits per heavy atom. The lowest BCUT2D eigenvalue weighted by molar-refractivity contribution is -0.145. The van der Waals surface area contributed by atoms with Crippen molar-refractivity contribution in [3.63, 3.8) is 0 Å². The van der Waals surface area contributed by atoms with E-state index in [1.165, 1.54) is 12.5 Å². The smallest absolute Gasteiger partial charge is 0.247 e. The lowest BCUT2D eigenvalue weighted by Gasteiger charge is -2.39. The van der Waals surface area contributed by atoms with Crippen molar-refractivity contribution in [3.8, 4) is 0 Å². The third-order valence-corrected chi connectivity index (χ3v) is 17.9. The molecule has 4 aromatic rings. The van der Waals surface area contributed by atoms with E-state index in [0.29, 0.717) is 44.9 Å². The summed E-state index contributed by atoms with van der Waals surface area (Å²) < 4.78 is 6.42. The van der Waals surface area contributed by atoms with Gasteiger partial charge in [-0.1, -0.05) is 87.5 Å². The van der Waals surface area contributed by atoms with Gasteiger partial charge in [-0.2, -0.15) is 0 Å². The van der Waals surface area contributed by atoms with E-state index >= 15 is 0 Å². The van der Waals surface area contributed by atoms with Gasteiger partial charge in [-0.15, -0.1) is 0 Å². The van der Waals surface area contributed by atoms with Crippen LogP contribution in [-0.2, 0) is 43.1 Å². The lowest BCUT2D eigenvalue weighted by atomic mass is 10.0. The van der Waals surface area contributed by atoms with Gasteiger partial charge in [0.25, 0.3) is 0 Å². The van der Waals surface area contributed by atoms with Gasteiger partial charge < -0.3 is 34.2 Å². The molecule has 2 heterocycles. The van der Waals surface area contributed by atoms with E-state index in [1.807, 2.05) is 64.4 Å². The molecular weight excluding hydrogens is 843 g/mol. The number of nitrogens with one attached hydrogen (secondary N) is 1. The fourth-order valence-corrected chi connectivity index (χ4v) is 9.21. The summed E-state index contributed by atoms with van der Waals surface area (Å²) in [7, 11) is 0.317. The Morgan fingerprint density at radius 3 is 1.94 bits per heavy atom. The largest absolute Gasteiger partial charge is 0.415 e. The van der Waals surface area contributed by atoms with Crippen molar-refractivity contribution < 1.29 is 23.6 Å². The standard InChI is InChI=1S/C53H71N7O5Si/c1-41(61)54-47-21-14-43(15-22-47)20-27-51(63)60(40-46-18-25-49(26-19-46)58-34-32-57(33-35-58)42(2)62)50(38-44-12-10-9-11-13-44)52(64)59-30-28-56(29-31-59)39-45-16-23-48(24-17-45)55(6)36-37-65-66(7,8)53(3,4)5/h9-27,50H,28-40H2,1-8H3,(H,54,61)/b27-20+/t50-/m0/s1. The first-order valence-electron chi connectivity index (χ1n) is 23.4. The molecule has 2 fully saturated rings. The Bertz CT molecular complexity index is 2250. The number of piperazine rings is 2. The van der Waals surface area contributed by atoms with E-state index in [4.69, 9.17) is 4.43 Å². The van der Waals surface area contributed by atoms with Crippen LogP contribution in [-0.4, -0.2) is 130 Å². The first-order valence-corrected chi connectivity index (χ1v) is 26.3. The molecular formula is C53H71N7O5Si. The second-order valence-electron chi connectivity index (χ2n) is 19.3. The van der Waals surface area contributed by atoms with Crippen molar-refractivity contribution in [2.24, 2.45) is 0 Å². The summed E-state index contributed by atoms with van der Waals surface area (Å²) in [6.07, 6.45) is 3.67. The summed E-state index contributed by atoms with van der Waals surface area (Å²) in [4.78, 5) is 65.5. The number of rotatable bonds is 17. The first-order chi connectivity index (χ1) is 31.5. The van der Waals surface area contributed by atoms with Crippen LogP contribution in [0.15, 0.2) is 109 Å². The first kappa shape index (κ1) is 49.7. The molecule has 4 aromatic carbocycles. The van der Waals surface area contributed by atoms with Crippen molar-refractivity contribution in [3.05, 3.63) is 131 Å². The summed E-state index contributed by atoms with van der Waals surface area (Å²) in [5.41, 5.74) is 6.79. The van der Waals surface area contributed by atoms with Crippen LogP contribution in [0.25, 0.3) is 6.08 Å². The van der Waals surface area contributed by atoms with Crippen LogP contribution in [0.4, 0.5) is 17.1 Å². The van der Waals surface area contributed by atoms with Gasteiger partial charge in [0.2, 0.25) is 23.6 Å². The zero-order valence-corrected chi connectivity index (χ0v) is 41.5. The van der Waals surface area contributed by atoms with E-state index < -0.39 is 14.4 Å². The van der Waals surface area contributed by atoms with Gasteiger partial charge in [0.05, 0.1) is 6.61 Å². The van der Waals surface area contributed by atoms with E-state index in [9.17, 15) is 19.2 Å². The zero-order valence-electron chi connectivity index (χ0n) is 40.5. The molecule has 0 saturated carbocycles. The molecule has 66 heavy (non-hydrogen) atoms. The van der Waals surface area contributed by atoms with Crippen molar-refractivity contribution in [2.75, 3.05) is 87.7 Å². The van der Waals surface area contributed by atoms with Gasteiger partial charge in [-0.05, 0) is 82.9 Å². The van der Waals surface area contributed by atoms with Crippen LogP contribution in [0.3, 0.4) is 0 Å². The highest BCUT2D eigenvalue weighted by atomic mass is 28.4. The summed E-state index contributed by atoms with van der Waals surface area (Å²) in [6.45, 7) is 22.4. The molecule has 0 aromatic heterocycles. The van der Waals surface area contributed by atoms with Crippen LogP contribution in [0, 0.1) is 0 Å². The summed E-state index contributed by atoms with van der Waals surface area (Å²) in [6, 6.07) is 33.4. The quantitative estimate of drug-likeness (QED) is 0.0847. The topological polar surface area (TPSA) is 109 Å². The molecule has 1 N–H and O–H groups in total. The highest BCUT2D eigenvalue weighted by Crippen LogP contribution is 2.36. The fraction of sp³-hybridized carbons (Fsp3) is 0.434. The van der Waals surface area contributed by atoms with E-state index in [1.54, 1.807) is 36.1 Å². The number of hydrogen-bond donors (Lipinski definition) is 1. The molecule has 4 amide bonds. The maximum Gasteiger partial charge on any atom is 0.247 e. The summed E-state index contributed by atoms with van der Waals surface area (Å²) in [5.74, 6) is -0.396. The molecule has 2 saturated heterocycles. The van der Waals surface area contributed by atoms with Crippen LogP contribution < -0.4 is 15.1 Å². The van der Waals surface area contributed by atoms with Gasteiger partial charge in [-0.25, -0.2) is 0 Å². The van der Waals surface area contributed by atoms with Crippen molar-refractivity contribution in [1.82, 2.24) is 19.6 Å². The number of amides is 4. The summed E-state index contributed by atoms with van der Waals surface area (Å²) >= 11 is 0. The monoisotopic (exact) mass is 914 g/mol. The molecule has 0 bridgehead atoms. The molecule has 352 valence electrons. The second kappa shape index (κ2) is 22.6. The maximum atomic E-state index is 14.9. The Balaban J connectivity index is 1.16. The number of anilines is 3. The van der Waals surface area contributed by atoms with Crippen LogP contribution in [0.5, 0.6) is 0 Å². The maximum absolute atomic E-state index is 14.9. The normalized spacial score (nSPS) is 15.4. The predicted molar refractivity (Wildman–Crippen MR) is 270 cm³/mol. The highest BCUT2D eigenvalue weighted by molar-refractivity contribution is 6.74. The van der Waals surface area contributed by atoms with E-state index in [0.717, 1.165) is 67.3 Å². The Labute approximate surface area is 394 Å². The predicted octanol–water partition coefficient (Wildman–Crippen LogP) is 7.77. The third-order valence-electron chi connectivity index (χ3n) is 13.4. The Morgan fingerprint density at radius 2 is 1.35 bits per heavy atom. The number of carbonyl (C=O) groups is 4. The number of carbonyl (C=O) groups excluding carboxylic acids is 4. The van der Waals surface area contributed by atoms with Gasteiger partial charge in [-0.3, -0.25) is 24.1 Å². The van der Waals surface area contributed by atoms with Crippen molar-refractivity contribution in [2.45, 2.75) is 78.3 Å². The molecule has 2 aliphatic heterocycles. The van der Waals surface area contributed by atoms with Gasteiger partial charge in [0.15, 0.2) is 8.32 Å². The second-order valence-corrected chi connectivity index (χ2v) is 24.1. The average molecular weight is 914 g/mol. The molecule has 6 rings (SSSR count). The number of hydrogen-bond acceptors (Lipinski definition) is 8. The molecule has 13 heteroatoms. The van der Waals surface area contributed by atoms with Crippen LogP contribution in [0.1, 0.15) is 56.9 Å². The Kier molecular flexibility index (Phi) is 17.0. The lowest BCUT2D eigenvalue weighted by Crippen LogP contribution is -2.56. The fourth-order valence-electron chi connectivity index (χ4n) is 8.18. The van der Waals surface area contributed by atoms with E-state index in [-0.39, 0.29) is 35.2 Å².